The molecule has 37 heavy (non-hydrogen) atoms. The normalized spacial score (nSPS) is 18.0. The Morgan fingerprint density at radius 2 is 1.95 bits per heavy atom. The second kappa shape index (κ2) is 10.8. The lowest BCUT2D eigenvalue weighted by Crippen LogP contribution is -2.40. The van der Waals surface area contributed by atoms with Gasteiger partial charge in [-0.1, -0.05) is 29.5 Å². The van der Waals surface area contributed by atoms with Gasteiger partial charge in [0.05, 0.1) is 42.2 Å². The minimum atomic E-state index is -0.735. The first-order valence-electron chi connectivity index (χ1n) is 12.4. The van der Waals surface area contributed by atoms with E-state index in [-0.39, 0.29) is 12.2 Å². The lowest BCUT2D eigenvalue weighted by molar-refractivity contribution is -0.139. The van der Waals surface area contributed by atoms with Gasteiger partial charge in [-0.05, 0) is 32.9 Å². The van der Waals surface area contributed by atoms with E-state index in [1.807, 2.05) is 43.3 Å². The fraction of sp³-hybridized carbons (Fsp3) is 0.370. The molecule has 10 heteroatoms. The first-order valence-corrected chi connectivity index (χ1v) is 13.2. The van der Waals surface area contributed by atoms with E-state index >= 15 is 0 Å². The van der Waals surface area contributed by atoms with Crippen LogP contribution in [0.4, 0.5) is 5.88 Å². The molecule has 0 N–H and O–H groups in total. The van der Waals surface area contributed by atoms with E-state index in [2.05, 4.69) is 9.89 Å². The Labute approximate surface area is 217 Å². The van der Waals surface area contributed by atoms with Crippen LogP contribution < -0.4 is 24.5 Å². The van der Waals surface area contributed by atoms with E-state index in [0.29, 0.717) is 57.5 Å². The Kier molecular flexibility index (Phi) is 7.29. The fourth-order valence-corrected chi connectivity index (χ4v) is 5.61. The van der Waals surface area contributed by atoms with Crippen molar-refractivity contribution in [3.63, 3.8) is 0 Å². The monoisotopic (exact) mass is 523 g/mol. The molecule has 9 nitrogen and oxygen atoms in total. The Morgan fingerprint density at radius 1 is 1.16 bits per heavy atom. The molecule has 0 spiro atoms. The van der Waals surface area contributed by atoms with Crippen molar-refractivity contribution in [3.8, 4) is 5.75 Å². The second-order valence-corrected chi connectivity index (χ2v) is 9.56. The van der Waals surface area contributed by atoms with Crippen LogP contribution in [0.1, 0.15) is 38.1 Å². The number of carbonyl (C=O) groups is 1. The summed E-state index contributed by atoms with van der Waals surface area (Å²) in [5, 5.41) is 0. The first-order chi connectivity index (χ1) is 18.0. The Bertz CT molecular complexity index is 1510. The molecule has 2 aromatic heterocycles. The molecule has 3 aromatic rings. The number of allylic oxidation sites excluding steroid dienone is 1. The molecule has 194 valence electrons. The van der Waals surface area contributed by atoms with Crippen LogP contribution in [0.3, 0.4) is 0 Å². The molecule has 0 aliphatic carbocycles. The van der Waals surface area contributed by atoms with Gasteiger partial charge in [-0.2, -0.15) is 0 Å². The summed E-state index contributed by atoms with van der Waals surface area (Å²) in [6.45, 7) is 8.88. The highest BCUT2D eigenvalue weighted by Crippen LogP contribution is 2.35. The number of aromatic nitrogens is 1. The van der Waals surface area contributed by atoms with E-state index in [4.69, 9.17) is 18.6 Å². The van der Waals surface area contributed by atoms with Crippen LogP contribution in [-0.4, -0.2) is 50.1 Å². The molecule has 1 fully saturated rings. The molecular formula is C27H29N3O6S. The second-order valence-electron chi connectivity index (χ2n) is 8.55. The van der Waals surface area contributed by atoms with Gasteiger partial charge in [-0.3, -0.25) is 9.36 Å². The van der Waals surface area contributed by atoms with E-state index in [9.17, 15) is 9.59 Å². The number of esters is 1. The number of para-hydroxylation sites is 1. The number of carbonyl (C=O) groups excluding carboxylic acids is 1. The molecule has 0 radical (unpaired) electrons. The summed E-state index contributed by atoms with van der Waals surface area (Å²) in [4.78, 5) is 34.2. The summed E-state index contributed by atoms with van der Waals surface area (Å²) in [6.07, 6.45) is 1.72. The summed E-state index contributed by atoms with van der Waals surface area (Å²) in [5.41, 5.74) is 1.26. The Morgan fingerprint density at radius 3 is 2.70 bits per heavy atom. The number of hydrogen-bond donors (Lipinski definition) is 0. The molecule has 0 amide bonds. The molecule has 4 heterocycles. The number of anilines is 1. The molecule has 1 atom stereocenters. The summed E-state index contributed by atoms with van der Waals surface area (Å²) in [7, 11) is 0. The SMILES string of the molecule is CCOC(=O)C1=C(C)N=c2sc(=Cc3ccc(N4CCOCC4)o3)c(=O)n2C1c1ccccc1OCC. The lowest BCUT2D eigenvalue weighted by atomic mass is 9.95. The Hall–Kier alpha value is -3.63. The smallest absolute Gasteiger partial charge is 0.338 e. The summed E-state index contributed by atoms with van der Waals surface area (Å²) in [6, 6.07) is 10.4. The van der Waals surface area contributed by atoms with Gasteiger partial charge in [0, 0.05) is 30.8 Å². The van der Waals surface area contributed by atoms with Crippen molar-refractivity contribution in [2.24, 2.45) is 4.99 Å². The molecule has 2 aliphatic heterocycles. The zero-order chi connectivity index (χ0) is 25.9. The number of benzene rings is 1. The molecule has 1 aromatic carbocycles. The number of thiazole rings is 1. The number of ether oxygens (including phenoxy) is 3. The van der Waals surface area contributed by atoms with Crippen molar-refractivity contribution in [1.29, 1.82) is 0 Å². The lowest BCUT2D eigenvalue weighted by Gasteiger charge is -2.26. The van der Waals surface area contributed by atoms with Crippen molar-refractivity contribution in [1.82, 2.24) is 4.57 Å². The third kappa shape index (κ3) is 4.86. The van der Waals surface area contributed by atoms with Crippen LogP contribution in [0.5, 0.6) is 5.75 Å². The maximum absolute atomic E-state index is 13.8. The van der Waals surface area contributed by atoms with E-state index in [1.165, 1.54) is 11.3 Å². The number of hydrogen-bond acceptors (Lipinski definition) is 9. The average Bonchev–Trinajstić information content (AvgIpc) is 3.49. The largest absolute Gasteiger partial charge is 0.494 e. The number of morpholine rings is 1. The van der Waals surface area contributed by atoms with Gasteiger partial charge in [0.1, 0.15) is 17.6 Å². The third-order valence-electron chi connectivity index (χ3n) is 6.24. The average molecular weight is 524 g/mol. The zero-order valence-corrected chi connectivity index (χ0v) is 21.9. The first kappa shape index (κ1) is 25.0. The van der Waals surface area contributed by atoms with E-state index in [1.54, 1.807) is 24.5 Å². The van der Waals surface area contributed by atoms with Crippen molar-refractivity contribution in [2.75, 3.05) is 44.4 Å². The number of rotatable bonds is 7. The van der Waals surface area contributed by atoms with Crippen molar-refractivity contribution in [2.45, 2.75) is 26.8 Å². The van der Waals surface area contributed by atoms with Crippen LogP contribution in [0.15, 0.2) is 61.9 Å². The third-order valence-corrected chi connectivity index (χ3v) is 7.22. The number of fused-ring (bicyclic) bond motifs is 1. The van der Waals surface area contributed by atoms with Gasteiger partial charge in [0.25, 0.3) is 5.56 Å². The number of furan rings is 1. The van der Waals surface area contributed by atoms with Crippen molar-refractivity contribution in [3.05, 3.63) is 78.7 Å². The number of nitrogens with zero attached hydrogens (tertiary/aromatic N) is 3. The van der Waals surface area contributed by atoms with Gasteiger partial charge in [0.15, 0.2) is 10.7 Å². The van der Waals surface area contributed by atoms with Crippen molar-refractivity contribution < 1.29 is 23.4 Å². The highest BCUT2D eigenvalue weighted by molar-refractivity contribution is 7.07. The molecule has 0 bridgehead atoms. The Balaban J connectivity index is 1.63. The van der Waals surface area contributed by atoms with Gasteiger partial charge < -0.3 is 23.5 Å². The minimum absolute atomic E-state index is 0.212. The highest BCUT2D eigenvalue weighted by Gasteiger charge is 2.35. The van der Waals surface area contributed by atoms with Gasteiger partial charge >= 0.3 is 5.97 Å². The van der Waals surface area contributed by atoms with Crippen molar-refractivity contribution >= 4 is 29.3 Å². The maximum Gasteiger partial charge on any atom is 0.338 e. The fourth-order valence-electron chi connectivity index (χ4n) is 4.58. The molecule has 1 saturated heterocycles. The quantitative estimate of drug-likeness (QED) is 0.440. The summed E-state index contributed by atoms with van der Waals surface area (Å²) in [5.74, 6) is 1.41. The van der Waals surface area contributed by atoms with Crippen LogP contribution in [0.25, 0.3) is 6.08 Å². The zero-order valence-electron chi connectivity index (χ0n) is 21.1. The van der Waals surface area contributed by atoms with Crippen LogP contribution in [-0.2, 0) is 14.3 Å². The highest BCUT2D eigenvalue weighted by atomic mass is 32.1. The topological polar surface area (TPSA) is 95.5 Å². The van der Waals surface area contributed by atoms with Gasteiger partial charge in [-0.25, -0.2) is 9.79 Å². The van der Waals surface area contributed by atoms with E-state index in [0.717, 1.165) is 19.0 Å². The van der Waals surface area contributed by atoms with Gasteiger partial charge in [0.2, 0.25) is 0 Å². The molecule has 2 aliphatic rings. The standard InChI is InChI=1S/C27H29N3O6S/c1-4-34-20-9-7-6-8-19(20)24-23(26(32)35-5-2)17(3)28-27-30(24)25(31)21(37-27)16-18-10-11-22(36-18)29-12-14-33-15-13-29/h6-11,16,24H,4-5,12-15H2,1-3H3. The van der Waals surface area contributed by atoms with Gasteiger partial charge in [-0.15, -0.1) is 0 Å². The molecule has 0 saturated carbocycles. The maximum atomic E-state index is 13.8. The van der Waals surface area contributed by atoms with Crippen LogP contribution in [0, 0.1) is 0 Å². The molecular weight excluding hydrogens is 494 g/mol. The predicted molar refractivity (Wildman–Crippen MR) is 140 cm³/mol. The summed E-state index contributed by atoms with van der Waals surface area (Å²) < 4.78 is 24.7. The van der Waals surface area contributed by atoms with Crippen LogP contribution in [0.2, 0.25) is 0 Å². The minimum Gasteiger partial charge on any atom is -0.494 e. The summed E-state index contributed by atoms with van der Waals surface area (Å²) >= 11 is 1.26. The molecule has 1 unspecified atom stereocenters. The molecule has 5 rings (SSSR count). The van der Waals surface area contributed by atoms with Crippen LogP contribution >= 0.6 is 11.3 Å². The predicted octanol–water partition coefficient (Wildman–Crippen LogP) is 2.63. The van der Waals surface area contributed by atoms with E-state index < -0.39 is 12.0 Å².